The first-order valence-corrected chi connectivity index (χ1v) is 26.6. The van der Waals surface area contributed by atoms with Crippen LogP contribution in [0.15, 0.2) is 97.1 Å². The lowest BCUT2D eigenvalue weighted by atomic mass is 9.31. The summed E-state index contributed by atoms with van der Waals surface area (Å²) in [5, 5.41) is 5.27. The van der Waals surface area contributed by atoms with Crippen LogP contribution in [0.5, 0.6) is 23.0 Å². The second kappa shape index (κ2) is 13.9. The Bertz CT molecular complexity index is 3680. The first-order valence-electron chi connectivity index (χ1n) is 26.6. The minimum absolute atomic E-state index is 0.00472. The molecular formula is C66H70B2N2O2. The van der Waals surface area contributed by atoms with Crippen molar-refractivity contribution >= 4 is 89.8 Å². The monoisotopic (exact) mass is 945 g/mol. The number of benzene rings is 7. The lowest BCUT2D eigenvalue weighted by Gasteiger charge is -2.38. The van der Waals surface area contributed by atoms with Gasteiger partial charge in [-0.1, -0.05) is 155 Å². The average Bonchev–Trinajstić information content (AvgIpc) is 3.79. The molecule has 0 atom stereocenters. The van der Waals surface area contributed by atoms with Gasteiger partial charge in [-0.05, 0) is 159 Å². The van der Waals surface area contributed by atoms with Gasteiger partial charge in [-0.15, -0.1) is 0 Å². The van der Waals surface area contributed by atoms with Crippen LogP contribution in [-0.4, -0.2) is 22.6 Å². The first kappa shape index (κ1) is 45.7. The van der Waals surface area contributed by atoms with Crippen LogP contribution in [0.2, 0.25) is 0 Å². The van der Waals surface area contributed by atoms with Crippen molar-refractivity contribution in [1.82, 2.24) is 9.13 Å². The van der Waals surface area contributed by atoms with E-state index in [-0.39, 0.29) is 45.9 Å². The third-order valence-corrected chi connectivity index (χ3v) is 17.1. The fourth-order valence-electron chi connectivity index (χ4n) is 12.7. The van der Waals surface area contributed by atoms with E-state index < -0.39 is 0 Å². The maximum atomic E-state index is 7.42. The Morgan fingerprint density at radius 3 is 0.986 bits per heavy atom. The number of nitrogens with zero attached hydrogens (tertiary/aromatic N) is 2. The van der Waals surface area contributed by atoms with Crippen molar-refractivity contribution in [1.29, 1.82) is 0 Å². The number of aromatic nitrogens is 2. The molecule has 0 bridgehead atoms. The number of rotatable bonds is 0. The van der Waals surface area contributed by atoms with E-state index in [1.807, 2.05) is 0 Å². The number of hydrogen-bond acceptors (Lipinski definition) is 2. The molecule has 0 amide bonds. The molecule has 362 valence electrons. The Balaban J connectivity index is 1.15. The predicted molar refractivity (Wildman–Crippen MR) is 310 cm³/mol. The predicted octanol–water partition coefficient (Wildman–Crippen LogP) is 13.5. The molecule has 0 spiro atoms. The highest BCUT2D eigenvalue weighted by Crippen LogP contribution is 2.46. The van der Waals surface area contributed by atoms with E-state index in [0.29, 0.717) is 0 Å². The molecule has 6 heteroatoms. The highest BCUT2D eigenvalue weighted by molar-refractivity contribution is 7.02. The zero-order valence-electron chi connectivity index (χ0n) is 46.1. The molecule has 0 N–H and O–H groups in total. The fraction of sp³-hybridized carbons (Fsp3) is 0.364. The van der Waals surface area contributed by atoms with E-state index in [1.165, 1.54) is 121 Å². The van der Waals surface area contributed by atoms with E-state index in [2.05, 4.69) is 231 Å². The molecule has 0 radical (unpaired) electrons. The zero-order valence-corrected chi connectivity index (χ0v) is 46.1. The van der Waals surface area contributed by atoms with Gasteiger partial charge in [-0.25, -0.2) is 0 Å². The summed E-state index contributed by atoms with van der Waals surface area (Å²) in [6, 6.07) is 39.0. The van der Waals surface area contributed by atoms with Crippen LogP contribution in [0.1, 0.15) is 158 Å². The molecule has 0 aliphatic carbocycles. The summed E-state index contributed by atoms with van der Waals surface area (Å²) in [6.45, 7) is 41.9. The summed E-state index contributed by atoms with van der Waals surface area (Å²) in [4.78, 5) is 0. The van der Waals surface area contributed by atoms with Crippen molar-refractivity contribution in [3.63, 3.8) is 0 Å². The van der Waals surface area contributed by atoms with E-state index in [1.54, 1.807) is 0 Å². The van der Waals surface area contributed by atoms with Crippen LogP contribution in [-0.2, 0) is 32.5 Å². The number of ether oxygens (including phenoxy) is 2. The quantitative estimate of drug-likeness (QED) is 0.142. The normalized spacial score (nSPS) is 15.0. The second-order valence-corrected chi connectivity index (χ2v) is 28.4. The van der Waals surface area contributed by atoms with Crippen molar-refractivity contribution in [2.75, 3.05) is 0 Å². The van der Waals surface area contributed by atoms with E-state index >= 15 is 0 Å². The first-order chi connectivity index (χ1) is 33.5. The Morgan fingerprint density at radius 2 is 0.639 bits per heavy atom. The summed E-state index contributed by atoms with van der Waals surface area (Å²) < 4.78 is 20.0. The van der Waals surface area contributed by atoms with E-state index in [9.17, 15) is 0 Å². The minimum Gasteiger partial charge on any atom is -0.458 e. The van der Waals surface area contributed by atoms with Crippen molar-refractivity contribution < 1.29 is 9.47 Å². The standard InChI is InChI=1S/C66H70B2N2O2/c1-61(2,3)35-19-21-49-41(23-35)43-25-37(63(7,8)9)27-47-59(43)69(49)51-29-39(65(13,14)15)31-55-57(51)67(47)45-33-46-54(34-53(45)71-55)72-56-32-40(66(16,17)18)30-52-58(56)68(46)48-28-38(64(10,11)12)26-44-42-24-36(62(4,5)6)20-22-50(42)70(52)60(44)48/h19-34H,1-18H3. The minimum atomic E-state index is -0.113. The summed E-state index contributed by atoms with van der Waals surface area (Å²) in [7, 11) is 0. The maximum absolute atomic E-state index is 7.42. The van der Waals surface area contributed by atoms with Crippen LogP contribution in [0.25, 0.3) is 55.0 Å². The molecule has 2 aromatic heterocycles. The molecule has 0 saturated carbocycles. The molecule has 9 aromatic rings. The number of hydrogen-bond donors (Lipinski definition) is 0. The van der Waals surface area contributed by atoms with E-state index in [4.69, 9.17) is 9.47 Å². The Morgan fingerprint density at radius 1 is 0.306 bits per heavy atom. The van der Waals surface area contributed by atoms with Crippen molar-refractivity contribution in [3.05, 3.63) is 130 Å². The molecule has 4 nitrogen and oxygen atoms in total. The van der Waals surface area contributed by atoms with Gasteiger partial charge < -0.3 is 18.6 Å². The van der Waals surface area contributed by atoms with Crippen LogP contribution >= 0.6 is 0 Å². The average molecular weight is 945 g/mol. The van der Waals surface area contributed by atoms with Crippen LogP contribution < -0.4 is 42.3 Å². The molecule has 72 heavy (non-hydrogen) atoms. The van der Waals surface area contributed by atoms with Gasteiger partial charge in [0.25, 0.3) is 13.4 Å². The van der Waals surface area contributed by atoms with Crippen LogP contribution in [0.3, 0.4) is 0 Å². The van der Waals surface area contributed by atoms with Gasteiger partial charge >= 0.3 is 0 Å². The zero-order chi connectivity index (χ0) is 51.0. The highest BCUT2D eigenvalue weighted by Gasteiger charge is 2.47. The second-order valence-electron chi connectivity index (χ2n) is 28.4. The summed E-state index contributed by atoms with van der Waals surface area (Å²) >= 11 is 0. The lowest BCUT2D eigenvalue weighted by molar-refractivity contribution is 0.462. The molecule has 6 heterocycles. The van der Waals surface area contributed by atoms with Gasteiger partial charge in [0.05, 0.1) is 11.0 Å². The molecule has 4 aliphatic heterocycles. The lowest BCUT2D eigenvalue weighted by Crippen LogP contribution is -2.62. The van der Waals surface area contributed by atoms with Gasteiger partial charge in [0.2, 0.25) is 0 Å². The fourth-order valence-corrected chi connectivity index (χ4v) is 12.7. The Labute approximate surface area is 428 Å². The molecule has 0 saturated heterocycles. The van der Waals surface area contributed by atoms with Crippen LogP contribution in [0.4, 0.5) is 0 Å². The summed E-state index contributed by atoms with van der Waals surface area (Å²) in [6.07, 6.45) is 0. The van der Waals surface area contributed by atoms with Gasteiger partial charge in [0, 0.05) is 50.0 Å². The number of fused-ring (bicyclic) bond motifs is 14. The molecule has 0 fully saturated rings. The van der Waals surface area contributed by atoms with E-state index in [0.717, 1.165) is 23.0 Å². The Kier molecular flexibility index (Phi) is 8.84. The highest BCUT2D eigenvalue weighted by atomic mass is 16.5. The molecule has 4 aliphatic rings. The largest absolute Gasteiger partial charge is 0.458 e. The smallest absolute Gasteiger partial charge is 0.256 e. The van der Waals surface area contributed by atoms with Gasteiger partial charge in [-0.2, -0.15) is 0 Å². The summed E-state index contributed by atoms with van der Waals surface area (Å²) in [5.41, 5.74) is 22.7. The maximum Gasteiger partial charge on any atom is 0.256 e. The molecule has 7 aromatic carbocycles. The SMILES string of the molecule is CC(C)(C)c1cc2c3c(c1)-n1c4ccc(C(C)(C)C)cc4c4cc(C(C)(C)C)cc(c41)B3c1cc3c(cc1O2)Oc1cc(C(C)(C)C)cc2c1B3c1cc(C(C)(C)C)cc3c4cc(C(C)(C)C)ccc4n-2c13. The van der Waals surface area contributed by atoms with Gasteiger partial charge in [0.1, 0.15) is 23.0 Å². The van der Waals surface area contributed by atoms with Gasteiger partial charge in [0.15, 0.2) is 0 Å². The third kappa shape index (κ3) is 6.32. The van der Waals surface area contributed by atoms with Crippen molar-refractivity contribution in [2.45, 2.75) is 157 Å². The van der Waals surface area contributed by atoms with Gasteiger partial charge in [-0.3, -0.25) is 0 Å². The molecule has 0 unspecified atom stereocenters. The molecule has 13 rings (SSSR count). The summed E-state index contributed by atoms with van der Waals surface area (Å²) in [5.74, 6) is 3.63. The molecular weight excluding hydrogens is 874 g/mol. The van der Waals surface area contributed by atoms with Crippen molar-refractivity contribution in [3.8, 4) is 34.4 Å². The van der Waals surface area contributed by atoms with Crippen LogP contribution in [0, 0.1) is 0 Å². The topological polar surface area (TPSA) is 28.3 Å². The van der Waals surface area contributed by atoms with Crippen molar-refractivity contribution in [2.24, 2.45) is 0 Å². The third-order valence-electron chi connectivity index (χ3n) is 17.1. The Hall–Kier alpha value is -6.13.